The number of ether oxygens (including phenoxy) is 1. The van der Waals surface area contributed by atoms with E-state index < -0.39 is 0 Å². The monoisotopic (exact) mass is 249 g/mol. The molecule has 2 nitrogen and oxygen atoms in total. The molecule has 0 saturated carbocycles. The first-order chi connectivity index (χ1) is 8.19. The van der Waals surface area contributed by atoms with Crippen molar-refractivity contribution in [3.05, 3.63) is 28.8 Å². The quantitative estimate of drug-likeness (QED) is 0.567. The number of nitriles is 1. The Morgan fingerprint density at radius 3 is 2.47 bits per heavy atom. The Morgan fingerprint density at radius 2 is 1.94 bits per heavy atom. The summed E-state index contributed by atoms with van der Waals surface area (Å²) in [5, 5.41) is 10.6. The Labute approximate surface area is 108 Å². The smallest absolute Gasteiger partial charge is 0.133 e. The van der Waals surface area contributed by atoms with Crippen LogP contribution in [-0.4, -0.2) is 12.4 Å². The van der Waals surface area contributed by atoms with Crippen LogP contribution in [-0.2, 0) is 6.42 Å². The number of aryl methyl sites for hydroxylation is 2. The number of benzene rings is 1. The first-order valence-corrected chi connectivity index (χ1v) is 6.91. The third-order valence-corrected chi connectivity index (χ3v) is 3.34. The Bertz CT molecular complexity index is 386. The van der Waals surface area contributed by atoms with Gasteiger partial charge in [-0.2, -0.15) is 5.26 Å². The lowest BCUT2D eigenvalue weighted by Crippen LogP contribution is -1.98. The van der Waals surface area contributed by atoms with Crippen LogP contribution in [0.25, 0.3) is 0 Å². The van der Waals surface area contributed by atoms with E-state index in [1.807, 2.05) is 6.92 Å². The summed E-state index contributed by atoms with van der Waals surface area (Å²) < 4.78 is 5.52. The molecule has 0 aromatic heterocycles. The second-order valence-electron chi connectivity index (χ2n) is 4.01. The number of rotatable bonds is 6. The fourth-order valence-corrected chi connectivity index (χ4v) is 2.34. The largest absolute Gasteiger partial charge is 0.494 e. The van der Waals surface area contributed by atoms with Gasteiger partial charge in [-0.25, -0.2) is 0 Å². The maximum absolute atomic E-state index is 8.46. The van der Waals surface area contributed by atoms with E-state index in [0.29, 0.717) is 6.61 Å². The SMILES string of the molecule is CCOc1cc(C)c(CCCSC#N)c(C)c1. The summed E-state index contributed by atoms with van der Waals surface area (Å²) in [5.41, 5.74) is 3.97. The molecule has 0 spiro atoms. The summed E-state index contributed by atoms with van der Waals surface area (Å²) in [6.45, 7) is 6.96. The lowest BCUT2D eigenvalue weighted by molar-refractivity contribution is 0.339. The zero-order valence-corrected chi connectivity index (χ0v) is 11.6. The first-order valence-electron chi connectivity index (χ1n) is 5.92. The van der Waals surface area contributed by atoms with Crippen LogP contribution in [0.1, 0.15) is 30.0 Å². The number of hydrogen-bond donors (Lipinski definition) is 0. The van der Waals surface area contributed by atoms with E-state index >= 15 is 0 Å². The molecule has 92 valence electrons. The Hall–Kier alpha value is -1.14. The molecule has 0 bridgehead atoms. The van der Waals surface area contributed by atoms with Crippen LogP contribution in [0.15, 0.2) is 12.1 Å². The third-order valence-electron chi connectivity index (χ3n) is 2.72. The van der Waals surface area contributed by atoms with Crippen molar-refractivity contribution in [3.8, 4) is 11.2 Å². The maximum atomic E-state index is 8.46. The van der Waals surface area contributed by atoms with Gasteiger partial charge in [-0.3, -0.25) is 0 Å². The van der Waals surface area contributed by atoms with Crippen LogP contribution >= 0.6 is 11.8 Å². The van der Waals surface area contributed by atoms with Crippen LogP contribution in [0.3, 0.4) is 0 Å². The number of hydrogen-bond acceptors (Lipinski definition) is 3. The molecule has 17 heavy (non-hydrogen) atoms. The molecule has 1 rings (SSSR count). The lowest BCUT2D eigenvalue weighted by Gasteiger charge is -2.12. The summed E-state index contributed by atoms with van der Waals surface area (Å²) >= 11 is 1.33. The highest BCUT2D eigenvalue weighted by atomic mass is 32.2. The average molecular weight is 249 g/mol. The highest BCUT2D eigenvalue weighted by molar-refractivity contribution is 8.03. The average Bonchev–Trinajstić information content (AvgIpc) is 2.27. The van der Waals surface area contributed by atoms with Crippen molar-refractivity contribution in [3.63, 3.8) is 0 Å². The normalized spacial score (nSPS) is 10.0. The molecule has 0 N–H and O–H groups in total. The van der Waals surface area contributed by atoms with Crippen molar-refractivity contribution < 1.29 is 4.74 Å². The van der Waals surface area contributed by atoms with Gasteiger partial charge in [-0.1, -0.05) is 0 Å². The molecule has 0 radical (unpaired) electrons. The van der Waals surface area contributed by atoms with Crippen molar-refractivity contribution in [2.45, 2.75) is 33.6 Å². The van der Waals surface area contributed by atoms with E-state index in [0.717, 1.165) is 24.3 Å². The van der Waals surface area contributed by atoms with E-state index in [2.05, 4.69) is 31.4 Å². The maximum Gasteiger partial charge on any atom is 0.133 e. The standard InChI is InChI=1S/C14H19NOS/c1-4-16-13-8-11(2)14(12(3)9-13)6-5-7-17-10-15/h8-9H,4-7H2,1-3H3. The minimum atomic E-state index is 0.705. The molecule has 1 aromatic carbocycles. The molecule has 0 unspecified atom stereocenters. The molecule has 1 aromatic rings. The molecule has 0 aliphatic carbocycles. The molecule has 0 saturated heterocycles. The van der Waals surface area contributed by atoms with Gasteiger partial charge in [0.25, 0.3) is 0 Å². The summed E-state index contributed by atoms with van der Waals surface area (Å²) in [5.74, 6) is 1.86. The van der Waals surface area contributed by atoms with E-state index in [1.165, 1.54) is 28.5 Å². The van der Waals surface area contributed by atoms with E-state index in [1.54, 1.807) is 0 Å². The van der Waals surface area contributed by atoms with Crippen LogP contribution in [0.2, 0.25) is 0 Å². The molecular formula is C14H19NOS. The first kappa shape index (κ1) is 13.9. The van der Waals surface area contributed by atoms with Crippen molar-refractivity contribution in [2.24, 2.45) is 0 Å². The van der Waals surface area contributed by atoms with E-state index in [-0.39, 0.29) is 0 Å². The van der Waals surface area contributed by atoms with Gasteiger partial charge in [0.05, 0.1) is 6.61 Å². The van der Waals surface area contributed by atoms with Crippen molar-refractivity contribution in [1.82, 2.24) is 0 Å². The fraction of sp³-hybridized carbons (Fsp3) is 0.500. The van der Waals surface area contributed by atoms with Gasteiger partial charge in [-0.05, 0) is 74.2 Å². The van der Waals surface area contributed by atoms with E-state index in [4.69, 9.17) is 10.00 Å². The number of thioether (sulfide) groups is 1. The van der Waals surface area contributed by atoms with Gasteiger partial charge in [0.15, 0.2) is 0 Å². The third kappa shape index (κ3) is 4.32. The predicted octanol–water partition coefficient (Wildman–Crippen LogP) is 3.85. The van der Waals surface area contributed by atoms with Crippen LogP contribution < -0.4 is 4.74 Å². The number of thiocyanates is 1. The molecule has 0 aliphatic heterocycles. The van der Waals surface area contributed by atoms with Crippen molar-refractivity contribution in [2.75, 3.05) is 12.4 Å². The summed E-state index contributed by atoms with van der Waals surface area (Å²) in [6, 6.07) is 4.20. The van der Waals surface area contributed by atoms with Gasteiger partial charge in [0.2, 0.25) is 0 Å². The fourth-order valence-electron chi connectivity index (χ4n) is 1.96. The topological polar surface area (TPSA) is 33.0 Å². The zero-order valence-electron chi connectivity index (χ0n) is 10.7. The zero-order chi connectivity index (χ0) is 12.7. The lowest BCUT2D eigenvalue weighted by atomic mass is 9.98. The van der Waals surface area contributed by atoms with Gasteiger partial charge < -0.3 is 4.74 Å². The minimum absolute atomic E-state index is 0.705. The van der Waals surface area contributed by atoms with Crippen molar-refractivity contribution in [1.29, 1.82) is 5.26 Å². The molecular weight excluding hydrogens is 230 g/mol. The van der Waals surface area contributed by atoms with Gasteiger partial charge >= 0.3 is 0 Å². The summed E-state index contributed by atoms with van der Waals surface area (Å²) in [4.78, 5) is 0. The molecule has 0 amide bonds. The van der Waals surface area contributed by atoms with Gasteiger partial charge in [0.1, 0.15) is 11.2 Å². The molecule has 0 fully saturated rings. The van der Waals surface area contributed by atoms with Crippen LogP contribution in [0.5, 0.6) is 5.75 Å². The Balaban J connectivity index is 2.69. The second kappa shape index (κ2) is 7.24. The Kier molecular flexibility index (Phi) is 5.93. The molecule has 0 aliphatic rings. The highest BCUT2D eigenvalue weighted by Gasteiger charge is 2.05. The van der Waals surface area contributed by atoms with Gasteiger partial charge in [0, 0.05) is 5.75 Å². The molecule has 0 atom stereocenters. The number of nitrogens with zero attached hydrogens (tertiary/aromatic N) is 1. The minimum Gasteiger partial charge on any atom is -0.494 e. The van der Waals surface area contributed by atoms with E-state index in [9.17, 15) is 0 Å². The second-order valence-corrected chi connectivity index (χ2v) is 4.89. The Morgan fingerprint density at radius 1 is 1.29 bits per heavy atom. The summed E-state index contributed by atoms with van der Waals surface area (Å²) in [7, 11) is 0. The predicted molar refractivity (Wildman–Crippen MR) is 73.5 cm³/mol. The van der Waals surface area contributed by atoms with Crippen LogP contribution in [0.4, 0.5) is 0 Å². The molecule has 3 heteroatoms. The van der Waals surface area contributed by atoms with Gasteiger partial charge in [-0.15, -0.1) is 0 Å². The summed E-state index contributed by atoms with van der Waals surface area (Å²) in [6.07, 6.45) is 2.09. The molecule has 0 heterocycles. The highest BCUT2D eigenvalue weighted by Crippen LogP contribution is 2.23. The van der Waals surface area contributed by atoms with Crippen LogP contribution in [0, 0.1) is 24.5 Å². The van der Waals surface area contributed by atoms with Crippen molar-refractivity contribution >= 4 is 11.8 Å².